The number of aromatic amines is 1. The highest BCUT2D eigenvalue weighted by molar-refractivity contribution is 6.09. The monoisotopic (exact) mass is 299 g/mol. The molecule has 0 aliphatic rings. The summed E-state index contributed by atoms with van der Waals surface area (Å²) in [5, 5.41) is 4.35. The first-order chi connectivity index (χ1) is 10.6. The number of nitrogens with zero attached hydrogens (tertiary/aromatic N) is 1. The first-order valence-corrected chi connectivity index (χ1v) is 6.56. The number of fused-ring (bicyclic) bond motifs is 1. The third kappa shape index (κ3) is 2.32. The molecule has 3 aromatic rings. The normalized spacial score (nSPS) is 10.8. The zero-order valence-electron chi connectivity index (χ0n) is 11.8. The van der Waals surface area contributed by atoms with Gasteiger partial charge >= 0.3 is 5.97 Å². The summed E-state index contributed by atoms with van der Waals surface area (Å²) in [6, 6.07) is 7.38. The number of carbonyl (C=O) groups excluding carboxylic acids is 2. The molecule has 112 valence electrons. The Bertz CT molecular complexity index is 843. The molecule has 2 heterocycles. The highest BCUT2D eigenvalue weighted by Crippen LogP contribution is 2.19. The number of H-pyrrole nitrogens is 1. The second-order valence-corrected chi connectivity index (χ2v) is 4.75. The fourth-order valence-corrected chi connectivity index (χ4v) is 2.22. The third-order valence-electron chi connectivity index (χ3n) is 3.32. The lowest BCUT2D eigenvalue weighted by atomic mass is 10.1. The minimum atomic E-state index is -0.732. The first kappa shape index (κ1) is 13.9. The molecule has 2 aromatic heterocycles. The molecule has 3 N–H and O–H groups in total. The lowest BCUT2D eigenvalue weighted by molar-refractivity contribution is 0.0475. The van der Waals surface area contributed by atoms with Crippen LogP contribution >= 0.6 is 0 Å². The van der Waals surface area contributed by atoms with Crippen LogP contribution in [0, 0.1) is 6.92 Å². The van der Waals surface area contributed by atoms with Crippen LogP contribution in [-0.4, -0.2) is 28.5 Å². The molecule has 7 nitrogen and oxygen atoms in total. The Hall–Kier alpha value is -3.09. The number of aromatic nitrogens is 2. The molecule has 3 rings (SSSR count). The molecule has 0 fully saturated rings. The number of aryl methyl sites for hydroxylation is 1. The molecular weight excluding hydrogens is 286 g/mol. The van der Waals surface area contributed by atoms with Gasteiger partial charge in [0.25, 0.3) is 0 Å². The van der Waals surface area contributed by atoms with Gasteiger partial charge in [0, 0.05) is 22.7 Å². The zero-order chi connectivity index (χ0) is 15.7. The summed E-state index contributed by atoms with van der Waals surface area (Å²) in [6.07, 6.45) is 1.60. The van der Waals surface area contributed by atoms with Crippen LogP contribution in [0.15, 0.2) is 35.0 Å². The number of Topliss-reactive ketones (excluding diaryl/α,β-unsaturated/α-hetero) is 1. The summed E-state index contributed by atoms with van der Waals surface area (Å²) < 4.78 is 9.69. The predicted molar refractivity (Wildman–Crippen MR) is 78.6 cm³/mol. The lowest BCUT2D eigenvalue weighted by Gasteiger charge is -2.03. The minimum Gasteiger partial charge on any atom is -0.453 e. The Labute approximate surface area is 125 Å². The Balaban J connectivity index is 1.74. The van der Waals surface area contributed by atoms with Crippen LogP contribution in [0.1, 0.15) is 26.4 Å². The molecule has 1 aromatic carbocycles. The Morgan fingerprint density at radius 3 is 2.86 bits per heavy atom. The van der Waals surface area contributed by atoms with E-state index in [0.29, 0.717) is 11.3 Å². The number of ketones is 1. The molecule has 0 saturated carbocycles. The number of nitrogen functional groups attached to an aromatic ring is 1. The van der Waals surface area contributed by atoms with E-state index in [1.54, 1.807) is 13.1 Å². The van der Waals surface area contributed by atoms with Crippen molar-refractivity contribution in [3.8, 4) is 0 Å². The van der Waals surface area contributed by atoms with E-state index in [2.05, 4.69) is 10.1 Å². The summed E-state index contributed by atoms with van der Waals surface area (Å²) in [5.41, 5.74) is 7.18. The van der Waals surface area contributed by atoms with Gasteiger partial charge in [0.2, 0.25) is 11.7 Å². The number of benzene rings is 1. The van der Waals surface area contributed by atoms with Crippen molar-refractivity contribution in [2.45, 2.75) is 6.92 Å². The number of hydrogen-bond acceptors (Lipinski definition) is 6. The van der Waals surface area contributed by atoms with Crippen LogP contribution in [-0.2, 0) is 4.74 Å². The molecule has 0 aliphatic heterocycles. The molecule has 0 spiro atoms. The van der Waals surface area contributed by atoms with Crippen LogP contribution in [0.25, 0.3) is 10.9 Å². The van der Waals surface area contributed by atoms with E-state index < -0.39 is 5.97 Å². The maximum absolute atomic E-state index is 12.2. The molecule has 22 heavy (non-hydrogen) atoms. The zero-order valence-corrected chi connectivity index (χ0v) is 11.8. The average Bonchev–Trinajstić information content (AvgIpc) is 3.08. The fourth-order valence-electron chi connectivity index (χ4n) is 2.22. The quantitative estimate of drug-likeness (QED) is 0.563. The van der Waals surface area contributed by atoms with Crippen LogP contribution in [0.3, 0.4) is 0 Å². The van der Waals surface area contributed by atoms with Crippen molar-refractivity contribution in [1.82, 2.24) is 10.1 Å². The van der Waals surface area contributed by atoms with Gasteiger partial charge in [0.1, 0.15) is 5.56 Å². The number of rotatable bonds is 4. The van der Waals surface area contributed by atoms with Crippen molar-refractivity contribution in [3.63, 3.8) is 0 Å². The maximum atomic E-state index is 12.2. The van der Waals surface area contributed by atoms with E-state index in [0.717, 1.165) is 10.9 Å². The maximum Gasteiger partial charge on any atom is 0.346 e. The number of anilines is 1. The largest absolute Gasteiger partial charge is 0.453 e. The van der Waals surface area contributed by atoms with Crippen molar-refractivity contribution >= 4 is 28.5 Å². The molecule has 0 saturated heterocycles. The smallest absolute Gasteiger partial charge is 0.346 e. The van der Waals surface area contributed by atoms with E-state index in [-0.39, 0.29) is 23.8 Å². The highest BCUT2D eigenvalue weighted by Gasteiger charge is 2.21. The van der Waals surface area contributed by atoms with Gasteiger partial charge in [0.15, 0.2) is 6.61 Å². The van der Waals surface area contributed by atoms with Gasteiger partial charge in [0.05, 0.1) is 5.69 Å². The standard InChI is InChI=1S/C15H13N3O4/c1-8-13(14(16)22-18-8)15(20)21-7-12(19)10-6-17-11-5-3-2-4-9(10)11/h2-6,17H,7,16H2,1H3. The summed E-state index contributed by atoms with van der Waals surface area (Å²) >= 11 is 0. The van der Waals surface area contributed by atoms with Crippen LogP contribution in [0.5, 0.6) is 0 Å². The van der Waals surface area contributed by atoms with Crippen molar-refractivity contribution in [1.29, 1.82) is 0 Å². The van der Waals surface area contributed by atoms with Gasteiger partial charge in [-0.05, 0) is 13.0 Å². The van der Waals surface area contributed by atoms with E-state index in [4.69, 9.17) is 15.0 Å². The Kier molecular flexibility index (Phi) is 3.38. The van der Waals surface area contributed by atoms with Crippen molar-refractivity contribution in [3.05, 3.63) is 47.3 Å². The van der Waals surface area contributed by atoms with E-state index in [1.807, 2.05) is 24.3 Å². The van der Waals surface area contributed by atoms with Crippen molar-refractivity contribution < 1.29 is 18.8 Å². The number of nitrogens with one attached hydrogen (secondary N) is 1. The Morgan fingerprint density at radius 1 is 1.36 bits per heavy atom. The van der Waals surface area contributed by atoms with Gasteiger partial charge in [-0.2, -0.15) is 0 Å². The first-order valence-electron chi connectivity index (χ1n) is 6.56. The topological polar surface area (TPSA) is 111 Å². The fraction of sp³-hybridized carbons (Fsp3) is 0.133. The minimum absolute atomic E-state index is 0.0479. The molecule has 0 amide bonds. The number of ether oxygens (including phenoxy) is 1. The number of esters is 1. The summed E-state index contributed by atoms with van der Waals surface area (Å²) in [6.45, 7) is 1.18. The lowest BCUT2D eigenvalue weighted by Crippen LogP contribution is -2.15. The van der Waals surface area contributed by atoms with Crippen molar-refractivity contribution in [2.24, 2.45) is 0 Å². The number of carbonyl (C=O) groups is 2. The van der Waals surface area contributed by atoms with E-state index in [1.165, 1.54) is 0 Å². The molecule has 0 radical (unpaired) electrons. The molecule has 0 bridgehead atoms. The number of hydrogen-bond donors (Lipinski definition) is 2. The van der Waals surface area contributed by atoms with Gasteiger partial charge < -0.3 is 20.0 Å². The molecule has 7 heteroatoms. The average molecular weight is 299 g/mol. The van der Waals surface area contributed by atoms with Gasteiger partial charge in [-0.25, -0.2) is 4.79 Å². The van der Waals surface area contributed by atoms with Gasteiger partial charge in [-0.3, -0.25) is 4.79 Å². The van der Waals surface area contributed by atoms with Gasteiger partial charge in [-0.15, -0.1) is 0 Å². The Morgan fingerprint density at radius 2 is 2.14 bits per heavy atom. The summed E-state index contributed by atoms with van der Waals surface area (Å²) in [7, 11) is 0. The van der Waals surface area contributed by atoms with E-state index in [9.17, 15) is 9.59 Å². The number of nitrogens with two attached hydrogens (primary N) is 1. The van der Waals surface area contributed by atoms with E-state index >= 15 is 0 Å². The summed E-state index contributed by atoms with van der Waals surface area (Å²) in [4.78, 5) is 27.1. The summed E-state index contributed by atoms with van der Waals surface area (Å²) in [5.74, 6) is -1.16. The van der Waals surface area contributed by atoms with Crippen LogP contribution < -0.4 is 5.73 Å². The third-order valence-corrected chi connectivity index (χ3v) is 3.32. The second kappa shape index (κ2) is 5.36. The van der Waals surface area contributed by atoms with Gasteiger partial charge in [-0.1, -0.05) is 23.4 Å². The van der Waals surface area contributed by atoms with Crippen LogP contribution in [0.4, 0.5) is 5.88 Å². The molecule has 0 atom stereocenters. The molecule has 0 aliphatic carbocycles. The second-order valence-electron chi connectivity index (χ2n) is 4.75. The highest BCUT2D eigenvalue weighted by atomic mass is 16.5. The SMILES string of the molecule is Cc1noc(N)c1C(=O)OCC(=O)c1c[nH]c2ccccc12. The van der Waals surface area contributed by atoms with Crippen LogP contribution in [0.2, 0.25) is 0 Å². The molecule has 0 unspecified atom stereocenters. The van der Waals surface area contributed by atoms with Crippen molar-refractivity contribution in [2.75, 3.05) is 12.3 Å². The number of para-hydroxylation sites is 1. The molecular formula is C15H13N3O4. The predicted octanol–water partition coefficient (Wildman–Crippen LogP) is 2.09.